The fourth-order valence-corrected chi connectivity index (χ4v) is 5.36. The lowest BCUT2D eigenvalue weighted by molar-refractivity contribution is -0.121. The normalized spacial score (nSPS) is 18.2. The summed E-state index contributed by atoms with van der Waals surface area (Å²) in [6.07, 6.45) is 2.25. The molecule has 172 valence electrons. The summed E-state index contributed by atoms with van der Waals surface area (Å²) >= 11 is 1.62. The number of anilines is 1. The molecule has 0 aliphatic carbocycles. The van der Waals surface area contributed by atoms with Crippen molar-refractivity contribution in [1.29, 1.82) is 0 Å². The zero-order valence-electron chi connectivity index (χ0n) is 19.1. The van der Waals surface area contributed by atoms with Gasteiger partial charge in [0, 0.05) is 61.9 Å². The highest BCUT2D eigenvalue weighted by atomic mass is 32.1. The molecule has 2 aliphatic rings. The van der Waals surface area contributed by atoms with Crippen LogP contribution in [0.5, 0.6) is 0 Å². The number of thiophene rings is 1. The Morgan fingerprint density at radius 2 is 1.72 bits per heavy atom. The molecular weight excluding hydrogens is 420 g/mol. The van der Waals surface area contributed by atoms with Crippen LogP contribution in [0.25, 0.3) is 0 Å². The predicted octanol–water partition coefficient (Wildman–Crippen LogP) is 3.24. The Balaban J connectivity index is 1.33. The van der Waals surface area contributed by atoms with Crippen LogP contribution in [0, 0.1) is 0 Å². The molecule has 32 heavy (non-hydrogen) atoms. The van der Waals surface area contributed by atoms with Crippen molar-refractivity contribution in [2.75, 3.05) is 44.2 Å². The molecule has 0 saturated carbocycles. The van der Waals surface area contributed by atoms with Crippen LogP contribution in [0.1, 0.15) is 41.9 Å². The van der Waals surface area contributed by atoms with Crippen molar-refractivity contribution >= 4 is 28.8 Å². The quantitative estimate of drug-likeness (QED) is 0.728. The van der Waals surface area contributed by atoms with Gasteiger partial charge in [-0.2, -0.15) is 0 Å². The number of piperazine rings is 1. The van der Waals surface area contributed by atoms with Crippen molar-refractivity contribution in [3.63, 3.8) is 0 Å². The molecule has 3 heterocycles. The van der Waals surface area contributed by atoms with Crippen LogP contribution in [0.15, 0.2) is 41.8 Å². The summed E-state index contributed by atoms with van der Waals surface area (Å²) in [6, 6.07) is 12.7. The Labute approximate surface area is 195 Å². The highest BCUT2D eigenvalue weighted by Gasteiger charge is 2.28. The Hall–Kier alpha value is -2.38. The van der Waals surface area contributed by atoms with E-state index in [2.05, 4.69) is 35.0 Å². The van der Waals surface area contributed by atoms with Crippen molar-refractivity contribution < 1.29 is 9.59 Å². The molecule has 0 atom stereocenters. The smallest absolute Gasteiger partial charge is 0.256 e. The van der Waals surface area contributed by atoms with E-state index in [0.717, 1.165) is 68.2 Å². The van der Waals surface area contributed by atoms with Gasteiger partial charge in [0.15, 0.2) is 0 Å². The van der Waals surface area contributed by atoms with Gasteiger partial charge in [-0.1, -0.05) is 18.2 Å². The molecule has 2 aromatic rings. The van der Waals surface area contributed by atoms with Crippen molar-refractivity contribution in [2.45, 2.75) is 45.2 Å². The number of hydrogen-bond acceptors (Lipinski definition) is 5. The number of carbonyl (C=O) groups excluding carboxylic acids is 2. The van der Waals surface area contributed by atoms with Crippen molar-refractivity contribution in [1.82, 2.24) is 15.1 Å². The van der Waals surface area contributed by atoms with Gasteiger partial charge in [-0.15, -0.1) is 11.3 Å². The first-order chi connectivity index (χ1) is 15.5. The predicted molar refractivity (Wildman–Crippen MR) is 130 cm³/mol. The van der Waals surface area contributed by atoms with Crippen LogP contribution in [0.2, 0.25) is 0 Å². The molecule has 2 amide bonds. The average molecular weight is 455 g/mol. The Bertz CT molecular complexity index is 898. The van der Waals surface area contributed by atoms with Crippen LogP contribution in [-0.4, -0.2) is 73.0 Å². The molecule has 4 rings (SSSR count). The summed E-state index contributed by atoms with van der Waals surface area (Å²) in [5.41, 5.74) is 1.82. The third-order valence-corrected chi connectivity index (χ3v) is 7.46. The molecule has 2 fully saturated rings. The van der Waals surface area contributed by atoms with Crippen molar-refractivity contribution in [3.05, 3.63) is 52.2 Å². The minimum Gasteiger partial charge on any atom is -0.371 e. The van der Waals surface area contributed by atoms with Gasteiger partial charge in [-0.25, -0.2) is 0 Å². The van der Waals surface area contributed by atoms with E-state index in [1.54, 1.807) is 11.3 Å². The Morgan fingerprint density at radius 3 is 2.38 bits per heavy atom. The van der Waals surface area contributed by atoms with E-state index in [1.165, 1.54) is 0 Å². The van der Waals surface area contributed by atoms with E-state index < -0.39 is 0 Å². The van der Waals surface area contributed by atoms with Gasteiger partial charge in [0.2, 0.25) is 5.91 Å². The zero-order chi connectivity index (χ0) is 22.5. The number of benzene rings is 1. The number of rotatable bonds is 6. The van der Waals surface area contributed by atoms with E-state index in [1.807, 2.05) is 40.6 Å². The highest BCUT2D eigenvalue weighted by Crippen LogP contribution is 2.26. The SMILES string of the molecule is CC(C)N1CCN(C(=O)c2ccccc2N2CCC(NC(=O)Cc3cccs3)CC2)CC1. The minimum absolute atomic E-state index is 0.0991. The molecule has 6 nitrogen and oxygen atoms in total. The van der Waals surface area contributed by atoms with Crippen LogP contribution in [0.4, 0.5) is 5.69 Å². The number of piperidine rings is 1. The molecular formula is C25H34N4O2S. The second-order valence-electron chi connectivity index (χ2n) is 9.02. The molecule has 2 saturated heterocycles. The molecule has 0 unspecified atom stereocenters. The molecule has 0 spiro atoms. The van der Waals surface area contributed by atoms with Crippen LogP contribution in [0.3, 0.4) is 0 Å². The molecule has 1 aromatic carbocycles. The van der Waals surface area contributed by atoms with E-state index >= 15 is 0 Å². The van der Waals surface area contributed by atoms with Gasteiger partial charge in [-0.3, -0.25) is 14.5 Å². The molecule has 2 aliphatic heterocycles. The van der Waals surface area contributed by atoms with E-state index in [0.29, 0.717) is 12.5 Å². The van der Waals surface area contributed by atoms with E-state index in [4.69, 9.17) is 0 Å². The summed E-state index contributed by atoms with van der Waals surface area (Å²) in [4.78, 5) is 33.5. The van der Waals surface area contributed by atoms with Crippen LogP contribution >= 0.6 is 11.3 Å². The number of nitrogens with one attached hydrogen (secondary N) is 1. The summed E-state index contributed by atoms with van der Waals surface area (Å²) in [5.74, 6) is 0.234. The summed E-state index contributed by atoms with van der Waals surface area (Å²) in [7, 11) is 0. The highest BCUT2D eigenvalue weighted by molar-refractivity contribution is 7.10. The van der Waals surface area contributed by atoms with Gasteiger partial charge in [0.1, 0.15) is 0 Å². The standard InChI is InChI=1S/C25H34N4O2S/c1-19(2)27-13-15-29(16-14-27)25(31)22-7-3-4-8-23(22)28-11-9-20(10-12-28)26-24(30)18-21-6-5-17-32-21/h3-8,17,19-20H,9-16,18H2,1-2H3,(H,26,30). The molecule has 7 heteroatoms. The third-order valence-electron chi connectivity index (χ3n) is 6.58. The second kappa shape index (κ2) is 10.5. The number of para-hydroxylation sites is 1. The first-order valence-corrected chi connectivity index (χ1v) is 12.6. The van der Waals surface area contributed by atoms with Gasteiger partial charge in [-0.05, 0) is 50.3 Å². The topological polar surface area (TPSA) is 55.9 Å². The average Bonchev–Trinajstić information content (AvgIpc) is 3.32. The van der Waals surface area contributed by atoms with E-state index in [-0.39, 0.29) is 17.9 Å². The first-order valence-electron chi connectivity index (χ1n) is 11.7. The number of hydrogen-bond donors (Lipinski definition) is 1. The Morgan fingerprint density at radius 1 is 1.00 bits per heavy atom. The minimum atomic E-state index is 0.0991. The lowest BCUT2D eigenvalue weighted by Crippen LogP contribution is -2.51. The largest absolute Gasteiger partial charge is 0.371 e. The van der Waals surface area contributed by atoms with E-state index in [9.17, 15) is 9.59 Å². The van der Waals surface area contributed by atoms with Gasteiger partial charge in [0.25, 0.3) is 5.91 Å². The van der Waals surface area contributed by atoms with Gasteiger partial charge < -0.3 is 15.1 Å². The number of amides is 2. The Kier molecular flexibility index (Phi) is 7.48. The van der Waals surface area contributed by atoms with Crippen molar-refractivity contribution in [3.8, 4) is 0 Å². The second-order valence-corrected chi connectivity index (χ2v) is 10.1. The molecule has 1 N–H and O–H groups in total. The monoisotopic (exact) mass is 454 g/mol. The summed E-state index contributed by atoms with van der Waals surface area (Å²) in [6.45, 7) is 9.53. The van der Waals surface area contributed by atoms with Gasteiger partial charge in [0.05, 0.1) is 12.0 Å². The fourth-order valence-electron chi connectivity index (χ4n) is 4.66. The van der Waals surface area contributed by atoms with Crippen LogP contribution < -0.4 is 10.2 Å². The third kappa shape index (κ3) is 5.51. The molecule has 0 radical (unpaired) electrons. The fraction of sp³-hybridized carbons (Fsp3) is 0.520. The summed E-state index contributed by atoms with van der Waals surface area (Å²) < 4.78 is 0. The molecule has 0 bridgehead atoms. The zero-order valence-corrected chi connectivity index (χ0v) is 19.9. The number of carbonyl (C=O) groups is 2. The first kappa shape index (κ1) is 22.8. The maximum absolute atomic E-state index is 13.3. The lowest BCUT2D eigenvalue weighted by atomic mass is 10.0. The lowest BCUT2D eigenvalue weighted by Gasteiger charge is -2.38. The van der Waals surface area contributed by atoms with Gasteiger partial charge >= 0.3 is 0 Å². The summed E-state index contributed by atoms with van der Waals surface area (Å²) in [5, 5.41) is 5.20. The molecule has 1 aromatic heterocycles. The maximum Gasteiger partial charge on any atom is 0.256 e. The number of nitrogens with zero attached hydrogens (tertiary/aromatic N) is 3. The maximum atomic E-state index is 13.3. The van der Waals surface area contributed by atoms with Crippen LogP contribution in [-0.2, 0) is 11.2 Å². The van der Waals surface area contributed by atoms with Crippen molar-refractivity contribution in [2.24, 2.45) is 0 Å².